The van der Waals surface area contributed by atoms with Crippen LogP contribution in [0.4, 0.5) is 0 Å². The van der Waals surface area contributed by atoms with Crippen molar-refractivity contribution in [1.82, 2.24) is 14.9 Å². The van der Waals surface area contributed by atoms with Crippen LogP contribution in [0.5, 0.6) is 0 Å². The first-order valence-electron chi connectivity index (χ1n) is 6.78. The van der Waals surface area contributed by atoms with Crippen molar-refractivity contribution in [3.05, 3.63) is 59.9 Å². The van der Waals surface area contributed by atoms with Gasteiger partial charge in [-0.25, -0.2) is 4.98 Å². The van der Waals surface area contributed by atoms with E-state index in [2.05, 4.69) is 23.5 Å². The molecule has 0 aliphatic carbocycles. The van der Waals surface area contributed by atoms with E-state index >= 15 is 0 Å². The van der Waals surface area contributed by atoms with E-state index in [1.807, 2.05) is 6.07 Å². The molecule has 0 saturated heterocycles. The summed E-state index contributed by atoms with van der Waals surface area (Å²) < 4.78 is 1.53. The van der Waals surface area contributed by atoms with Crippen molar-refractivity contribution in [1.29, 1.82) is 0 Å². The summed E-state index contributed by atoms with van der Waals surface area (Å²) in [6.45, 7) is 7.99. The van der Waals surface area contributed by atoms with E-state index < -0.39 is 0 Å². The fourth-order valence-corrected chi connectivity index (χ4v) is 2.75. The number of carbonyl (C=O) groups is 1. The van der Waals surface area contributed by atoms with Gasteiger partial charge in [-0.2, -0.15) is 0 Å². The monoisotopic (exact) mass is 315 g/mol. The Morgan fingerprint density at radius 1 is 1.32 bits per heavy atom. The molecule has 1 N–H and O–H groups in total. The van der Waals surface area contributed by atoms with Gasteiger partial charge in [0, 0.05) is 13.1 Å². The summed E-state index contributed by atoms with van der Waals surface area (Å²) in [7, 11) is 0. The molecule has 0 aliphatic rings. The largest absolute Gasteiger partial charge is 0.352 e. The summed E-state index contributed by atoms with van der Waals surface area (Å²) in [6, 6.07) is 7.17. The summed E-state index contributed by atoms with van der Waals surface area (Å²) >= 11 is 1.23. The molecule has 0 radical (unpaired) electrons. The number of nitrogens with zero attached hydrogens (tertiary/aromatic N) is 2. The Balaban J connectivity index is 2.32. The number of amides is 1. The predicted octanol–water partition coefficient (Wildman–Crippen LogP) is 1.98. The van der Waals surface area contributed by atoms with E-state index in [1.165, 1.54) is 16.3 Å². The molecule has 5 nitrogen and oxygen atoms in total. The second-order valence-electron chi connectivity index (χ2n) is 4.50. The first-order valence-corrected chi connectivity index (χ1v) is 7.76. The van der Waals surface area contributed by atoms with Crippen LogP contribution in [0.15, 0.2) is 59.5 Å². The van der Waals surface area contributed by atoms with Gasteiger partial charge >= 0.3 is 0 Å². The lowest BCUT2D eigenvalue weighted by Crippen LogP contribution is -2.27. The number of fused-ring (bicyclic) bond motifs is 1. The summed E-state index contributed by atoms with van der Waals surface area (Å²) in [4.78, 5) is 28.7. The molecule has 1 aromatic carbocycles. The van der Waals surface area contributed by atoms with Crippen molar-refractivity contribution in [2.24, 2.45) is 0 Å². The van der Waals surface area contributed by atoms with Crippen molar-refractivity contribution in [2.45, 2.75) is 11.7 Å². The van der Waals surface area contributed by atoms with Gasteiger partial charge in [0.25, 0.3) is 5.56 Å². The first kappa shape index (κ1) is 16.0. The number of para-hydroxylation sites is 1. The zero-order valence-corrected chi connectivity index (χ0v) is 12.9. The van der Waals surface area contributed by atoms with Crippen LogP contribution in [0.3, 0.4) is 0 Å². The number of hydrogen-bond donors (Lipinski definition) is 1. The SMILES string of the molecule is C=CCNC(=O)CSc1nc2ccccc2c(=O)n1CC=C. The highest BCUT2D eigenvalue weighted by atomic mass is 32.2. The van der Waals surface area contributed by atoms with Gasteiger partial charge in [-0.3, -0.25) is 14.2 Å². The quantitative estimate of drug-likeness (QED) is 0.482. The summed E-state index contributed by atoms with van der Waals surface area (Å²) in [5.74, 6) is 0.0629. The third-order valence-electron chi connectivity index (χ3n) is 2.91. The number of nitrogens with one attached hydrogen (secondary N) is 1. The normalized spacial score (nSPS) is 10.4. The molecule has 114 valence electrons. The zero-order chi connectivity index (χ0) is 15.9. The van der Waals surface area contributed by atoms with Crippen LogP contribution in [-0.2, 0) is 11.3 Å². The highest BCUT2D eigenvalue weighted by Gasteiger charge is 2.12. The van der Waals surface area contributed by atoms with Crippen molar-refractivity contribution in [2.75, 3.05) is 12.3 Å². The number of benzene rings is 1. The minimum Gasteiger partial charge on any atom is -0.352 e. The fourth-order valence-electron chi connectivity index (χ4n) is 1.92. The van der Waals surface area contributed by atoms with Gasteiger partial charge in [0.2, 0.25) is 5.91 Å². The van der Waals surface area contributed by atoms with E-state index in [-0.39, 0.29) is 17.2 Å². The molecule has 0 spiro atoms. The second kappa shape index (κ2) is 7.61. The number of thioether (sulfide) groups is 1. The molecule has 1 heterocycles. The predicted molar refractivity (Wildman–Crippen MR) is 90.1 cm³/mol. The van der Waals surface area contributed by atoms with Crippen molar-refractivity contribution in [3.8, 4) is 0 Å². The Morgan fingerprint density at radius 3 is 2.82 bits per heavy atom. The Morgan fingerprint density at radius 2 is 2.09 bits per heavy atom. The number of carbonyl (C=O) groups excluding carboxylic acids is 1. The summed E-state index contributed by atoms with van der Waals surface area (Å²) in [5, 5.41) is 3.76. The smallest absolute Gasteiger partial charge is 0.262 e. The minimum atomic E-state index is -0.127. The molecule has 0 aliphatic heterocycles. The molecule has 1 amide bonds. The molecule has 22 heavy (non-hydrogen) atoms. The Bertz CT molecular complexity index is 768. The van der Waals surface area contributed by atoms with Gasteiger partial charge in [-0.05, 0) is 12.1 Å². The maximum Gasteiger partial charge on any atom is 0.262 e. The van der Waals surface area contributed by atoms with Gasteiger partial charge in [-0.1, -0.05) is 36.0 Å². The molecule has 0 unspecified atom stereocenters. The van der Waals surface area contributed by atoms with Crippen molar-refractivity contribution in [3.63, 3.8) is 0 Å². The van der Waals surface area contributed by atoms with E-state index in [1.54, 1.807) is 30.4 Å². The average molecular weight is 315 g/mol. The lowest BCUT2D eigenvalue weighted by Gasteiger charge is -2.11. The van der Waals surface area contributed by atoms with Gasteiger partial charge in [-0.15, -0.1) is 13.2 Å². The zero-order valence-electron chi connectivity index (χ0n) is 12.1. The fraction of sp³-hybridized carbons (Fsp3) is 0.188. The molecule has 6 heteroatoms. The maximum atomic E-state index is 12.5. The van der Waals surface area contributed by atoms with Crippen LogP contribution in [0, 0.1) is 0 Å². The van der Waals surface area contributed by atoms with Crippen LogP contribution in [0.2, 0.25) is 0 Å². The lowest BCUT2D eigenvalue weighted by molar-refractivity contribution is -0.118. The molecule has 2 aromatic rings. The highest BCUT2D eigenvalue weighted by molar-refractivity contribution is 7.99. The number of rotatable bonds is 7. The lowest BCUT2D eigenvalue weighted by atomic mass is 10.2. The second-order valence-corrected chi connectivity index (χ2v) is 5.44. The number of allylic oxidation sites excluding steroid dienone is 1. The minimum absolute atomic E-state index is 0.125. The Kier molecular flexibility index (Phi) is 5.55. The average Bonchev–Trinajstić information content (AvgIpc) is 2.54. The van der Waals surface area contributed by atoms with E-state index in [9.17, 15) is 9.59 Å². The topological polar surface area (TPSA) is 64.0 Å². The molecule has 0 fully saturated rings. The van der Waals surface area contributed by atoms with Crippen molar-refractivity contribution < 1.29 is 4.79 Å². The van der Waals surface area contributed by atoms with Gasteiger partial charge in [0.05, 0.1) is 16.7 Å². The molecule has 2 rings (SSSR count). The first-order chi connectivity index (χ1) is 10.7. The molecule has 0 bridgehead atoms. The van der Waals surface area contributed by atoms with Crippen LogP contribution in [0.1, 0.15) is 0 Å². The number of aromatic nitrogens is 2. The third-order valence-corrected chi connectivity index (χ3v) is 3.89. The maximum absolute atomic E-state index is 12.5. The van der Waals surface area contributed by atoms with Gasteiger partial charge < -0.3 is 5.32 Å². The standard InChI is InChI=1S/C16H17N3O2S/c1-3-9-17-14(20)11-22-16-18-13-8-6-5-7-12(13)15(21)19(16)10-4-2/h3-8H,1-2,9-11H2,(H,17,20). The Hall–Kier alpha value is -2.34. The van der Waals surface area contributed by atoms with Gasteiger partial charge in [0.1, 0.15) is 0 Å². The summed E-state index contributed by atoms with van der Waals surface area (Å²) in [5.41, 5.74) is 0.501. The van der Waals surface area contributed by atoms with Crippen LogP contribution >= 0.6 is 11.8 Å². The molecule has 0 atom stereocenters. The molecular formula is C16H17N3O2S. The van der Waals surface area contributed by atoms with Crippen LogP contribution < -0.4 is 10.9 Å². The molecule has 0 saturated carbocycles. The van der Waals surface area contributed by atoms with E-state index in [0.29, 0.717) is 29.1 Å². The highest BCUT2D eigenvalue weighted by Crippen LogP contribution is 2.17. The van der Waals surface area contributed by atoms with Gasteiger partial charge in [0.15, 0.2) is 5.16 Å². The van der Waals surface area contributed by atoms with E-state index in [0.717, 1.165) is 0 Å². The van der Waals surface area contributed by atoms with E-state index in [4.69, 9.17) is 0 Å². The molecular weight excluding hydrogens is 298 g/mol. The molecule has 1 aromatic heterocycles. The van der Waals surface area contributed by atoms with Crippen LogP contribution in [-0.4, -0.2) is 27.8 Å². The third kappa shape index (κ3) is 3.65. The Labute approximate surface area is 132 Å². The van der Waals surface area contributed by atoms with Crippen molar-refractivity contribution >= 4 is 28.6 Å². The number of hydrogen-bond acceptors (Lipinski definition) is 4. The van der Waals surface area contributed by atoms with Crippen LogP contribution in [0.25, 0.3) is 10.9 Å². The summed E-state index contributed by atoms with van der Waals surface area (Å²) in [6.07, 6.45) is 3.25.